The highest BCUT2D eigenvalue weighted by Crippen LogP contribution is 2.36. The summed E-state index contributed by atoms with van der Waals surface area (Å²) >= 11 is 1.73. The molecule has 0 bridgehead atoms. The predicted molar refractivity (Wildman–Crippen MR) is 112 cm³/mol. The summed E-state index contributed by atoms with van der Waals surface area (Å²) in [5, 5.41) is 1.20. The van der Waals surface area contributed by atoms with Gasteiger partial charge in [0.15, 0.2) is 13.4 Å². The Morgan fingerprint density at radius 2 is 1.84 bits per heavy atom. The zero-order valence-electron chi connectivity index (χ0n) is 16.3. The summed E-state index contributed by atoms with van der Waals surface area (Å²) in [7, 11) is -1.69. The lowest BCUT2D eigenvalue weighted by atomic mass is 10.2. The van der Waals surface area contributed by atoms with Crippen molar-refractivity contribution in [2.24, 2.45) is 0 Å². The Bertz CT molecular complexity index is 696. The Kier molecular flexibility index (Phi) is 6.77. The lowest BCUT2D eigenvalue weighted by molar-refractivity contribution is 0.328. The van der Waals surface area contributed by atoms with Crippen molar-refractivity contribution in [3.8, 4) is 0 Å². The van der Waals surface area contributed by atoms with Crippen LogP contribution in [-0.4, -0.2) is 14.9 Å². The molecule has 2 nitrogen and oxygen atoms in total. The first kappa shape index (κ1) is 20.1. The fourth-order valence-electron chi connectivity index (χ4n) is 2.06. The van der Waals surface area contributed by atoms with Crippen LogP contribution in [0, 0.1) is 6.92 Å². The number of hydrogen-bond acceptors (Lipinski definition) is 3. The van der Waals surface area contributed by atoms with Crippen LogP contribution in [0.15, 0.2) is 52.0 Å². The average molecular weight is 375 g/mol. The SMILES string of the molecule is Cc1cc(SCc2ccccc2)oc1/C=C/CO[Si](C)(C)C(C)(C)C. The molecule has 0 unspecified atom stereocenters. The van der Waals surface area contributed by atoms with E-state index in [1.54, 1.807) is 11.8 Å². The van der Waals surface area contributed by atoms with E-state index < -0.39 is 8.32 Å². The van der Waals surface area contributed by atoms with Crippen LogP contribution in [0.3, 0.4) is 0 Å². The van der Waals surface area contributed by atoms with Gasteiger partial charge in [0.2, 0.25) is 0 Å². The third kappa shape index (κ3) is 5.91. The molecule has 1 aromatic heterocycles. The fourth-order valence-corrected chi connectivity index (χ4v) is 3.92. The Labute approximate surface area is 157 Å². The first-order valence-corrected chi connectivity index (χ1v) is 12.7. The molecule has 0 aliphatic rings. The van der Waals surface area contributed by atoms with Gasteiger partial charge in [-0.2, -0.15) is 0 Å². The summed E-state index contributed by atoms with van der Waals surface area (Å²) in [5.74, 6) is 1.85. The van der Waals surface area contributed by atoms with Gasteiger partial charge in [-0.05, 0) is 48.3 Å². The highest BCUT2D eigenvalue weighted by atomic mass is 32.2. The smallest absolute Gasteiger partial charge is 0.192 e. The molecule has 0 amide bonds. The highest BCUT2D eigenvalue weighted by molar-refractivity contribution is 7.98. The first-order valence-electron chi connectivity index (χ1n) is 8.77. The maximum absolute atomic E-state index is 6.17. The van der Waals surface area contributed by atoms with Crippen LogP contribution in [0.5, 0.6) is 0 Å². The molecule has 25 heavy (non-hydrogen) atoms. The summed E-state index contributed by atoms with van der Waals surface area (Å²) in [6.07, 6.45) is 4.10. The van der Waals surface area contributed by atoms with Gasteiger partial charge in [0.25, 0.3) is 0 Å². The molecule has 0 saturated carbocycles. The summed E-state index contributed by atoms with van der Waals surface area (Å²) in [4.78, 5) is 0. The normalized spacial score (nSPS) is 12.9. The van der Waals surface area contributed by atoms with Crippen LogP contribution in [-0.2, 0) is 10.2 Å². The largest absolute Gasteiger partial charge is 0.450 e. The molecule has 0 saturated heterocycles. The molecule has 0 radical (unpaired) electrons. The fraction of sp³-hybridized carbons (Fsp3) is 0.429. The van der Waals surface area contributed by atoms with Gasteiger partial charge >= 0.3 is 0 Å². The van der Waals surface area contributed by atoms with Gasteiger partial charge in [-0.25, -0.2) is 0 Å². The monoisotopic (exact) mass is 374 g/mol. The van der Waals surface area contributed by atoms with Crippen LogP contribution in [0.1, 0.15) is 37.7 Å². The standard InChI is InChI=1S/C21H30O2SSi/c1-17-15-20(24-16-18-11-8-7-9-12-18)23-19(17)13-10-14-22-25(5,6)21(2,3)4/h7-13,15H,14,16H2,1-6H3/b13-10+. The minimum absolute atomic E-state index is 0.239. The molecule has 0 aliphatic carbocycles. The average Bonchev–Trinajstić information content (AvgIpc) is 2.90. The van der Waals surface area contributed by atoms with Crippen LogP contribution < -0.4 is 0 Å². The predicted octanol–water partition coefficient (Wildman–Crippen LogP) is 6.92. The quantitative estimate of drug-likeness (QED) is 0.388. The number of furan rings is 1. The number of hydrogen-bond donors (Lipinski definition) is 0. The van der Waals surface area contributed by atoms with Gasteiger partial charge in [0, 0.05) is 5.75 Å². The summed E-state index contributed by atoms with van der Waals surface area (Å²) < 4.78 is 12.1. The Morgan fingerprint density at radius 1 is 1.16 bits per heavy atom. The van der Waals surface area contributed by atoms with Crippen molar-refractivity contribution in [2.75, 3.05) is 6.61 Å². The second-order valence-corrected chi connectivity index (χ2v) is 13.6. The summed E-state index contributed by atoms with van der Waals surface area (Å²) in [6.45, 7) is 14.1. The van der Waals surface area contributed by atoms with Crippen LogP contribution in [0.25, 0.3) is 6.08 Å². The molecular weight excluding hydrogens is 344 g/mol. The van der Waals surface area contributed by atoms with Crippen molar-refractivity contribution < 1.29 is 8.84 Å². The van der Waals surface area contributed by atoms with Gasteiger partial charge in [-0.15, -0.1) is 0 Å². The molecule has 0 fully saturated rings. The number of thioether (sulfide) groups is 1. The van der Waals surface area contributed by atoms with Crippen LogP contribution in [0.2, 0.25) is 18.1 Å². The minimum atomic E-state index is -1.69. The number of rotatable bonds is 7. The van der Waals surface area contributed by atoms with Gasteiger partial charge < -0.3 is 8.84 Å². The lowest BCUT2D eigenvalue weighted by Gasteiger charge is -2.35. The molecule has 1 aromatic carbocycles. The molecule has 0 atom stereocenters. The topological polar surface area (TPSA) is 22.4 Å². The molecule has 0 aliphatic heterocycles. The Morgan fingerprint density at radius 3 is 2.48 bits per heavy atom. The zero-order chi connectivity index (χ0) is 18.5. The van der Waals surface area contributed by atoms with E-state index in [9.17, 15) is 0 Å². The third-order valence-electron chi connectivity index (χ3n) is 4.77. The van der Waals surface area contributed by atoms with E-state index in [0.29, 0.717) is 6.61 Å². The van der Waals surface area contributed by atoms with E-state index in [-0.39, 0.29) is 5.04 Å². The van der Waals surface area contributed by atoms with Gasteiger partial charge in [-0.1, -0.05) is 68.9 Å². The molecule has 2 aromatic rings. The van der Waals surface area contributed by atoms with Crippen molar-refractivity contribution in [1.82, 2.24) is 0 Å². The maximum atomic E-state index is 6.17. The van der Waals surface area contributed by atoms with E-state index in [1.165, 1.54) is 11.1 Å². The summed E-state index contributed by atoms with van der Waals surface area (Å²) in [5.41, 5.74) is 2.47. The Balaban J connectivity index is 1.89. The minimum Gasteiger partial charge on any atom is -0.450 e. The van der Waals surface area contributed by atoms with E-state index in [1.807, 2.05) is 12.1 Å². The molecule has 136 valence electrons. The third-order valence-corrected chi connectivity index (χ3v) is 10.2. The maximum Gasteiger partial charge on any atom is 0.192 e. The van der Waals surface area contributed by atoms with E-state index in [4.69, 9.17) is 8.84 Å². The lowest BCUT2D eigenvalue weighted by Crippen LogP contribution is -2.40. The van der Waals surface area contributed by atoms with E-state index in [0.717, 1.165) is 16.6 Å². The molecule has 0 spiro atoms. The molecule has 1 heterocycles. The second-order valence-electron chi connectivity index (χ2n) is 7.86. The number of benzene rings is 1. The molecule has 2 rings (SSSR count). The number of aryl methyl sites for hydroxylation is 1. The van der Waals surface area contributed by atoms with Crippen LogP contribution >= 0.6 is 11.8 Å². The van der Waals surface area contributed by atoms with Crippen molar-refractivity contribution in [3.05, 3.63) is 59.4 Å². The summed E-state index contributed by atoms with van der Waals surface area (Å²) in [6, 6.07) is 12.6. The Hall–Kier alpha value is -1.23. The van der Waals surface area contributed by atoms with Gasteiger partial charge in [-0.3, -0.25) is 0 Å². The van der Waals surface area contributed by atoms with Crippen molar-refractivity contribution >= 4 is 26.2 Å². The molecule has 0 N–H and O–H groups in total. The molecule has 4 heteroatoms. The van der Waals surface area contributed by atoms with Crippen molar-refractivity contribution in [2.45, 2.75) is 56.7 Å². The first-order chi connectivity index (χ1) is 11.7. The zero-order valence-corrected chi connectivity index (χ0v) is 18.1. The highest BCUT2D eigenvalue weighted by Gasteiger charge is 2.36. The molecular formula is C21H30O2SSi. The van der Waals surface area contributed by atoms with E-state index in [2.05, 4.69) is 77.2 Å². The van der Waals surface area contributed by atoms with Crippen molar-refractivity contribution in [1.29, 1.82) is 0 Å². The second kappa shape index (κ2) is 8.43. The van der Waals surface area contributed by atoms with Gasteiger partial charge in [0.05, 0.1) is 6.61 Å². The van der Waals surface area contributed by atoms with Crippen molar-refractivity contribution in [3.63, 3.8) is 0 Å². The van der Waals surface area contributed by atoms with Crippen LogP contribution in [0.4, 0.5) is 0 Å². The van der Waals surface area contributed by atoms with E-state index >= 15 is 0 Å². The van der Waals surface area contributed by atoms with Gasteiger partial charge in [0.1, 0.15) is 5.76 Å².